The fourth-order valence-electron chi connectivity index (χ4n) is 2.16. The summed E-state index contributed by atoms with van der Waals surface area (Å²) in [6.45, 7) is 5.60. The molecule has 0 fully saturated rings. The van der Waals surface area contributed by atoms with Crippen molar-refractivity contribution in [1.29, 1.82) is 0 Å². The Balaban J connectivity index is 0.00000118. The Morgan fingerprint density at radius 1 is 1.09 bits per heavy atom. The Bertz CT molecular complexity index is 779. The van der Waals surface area contributed by atoms with Crippen LogP contribution in [-0.2, 0) is 30.5 Å². The van der Waals surface area contributed by atoms with E-state index < -0.39 is 41.5 Å². The molecular formula is C20H28F3N3O6. The van der Waals surface area contributed by atoms with Crippen LogP contribution in [0.3, 0.4) is 0 Å². The smallest absolute Gasteiger partial charge is 0.475 e. The van der Waals surface area contributed by atoms with Gasteiger partial charge in [0.2, 0.25) is 11.8 Å². The fraction of sp³-hybridized carbons (Fsp3) is 0.500. The van der Waals surface area contributed by atoms with E-state index in [4.69, 9.17) is 20.4 Å². The van der Waals surface area contributed by atoms with Gasteiger partial charge in [-0.3, -0.25) is 14.4 Å². The van der Waals surface area contributed by atoms with Crippen LogP contribution in [0.15, 0.2) is 30.3 Å². The van der Waals surface area contributed by atoms with Crippen LogP contribution in [0.1, 0.15) is 32.8 Å². The minimum absolute atomic E-state index is 0.0951. The van der Waals surface area contributed by atoms with Crippen molar-refractivity contribution in [3.05, 3.63) is 35.9 Å². The summed E-state index contributed by atoms with van der Waals surface area (Å²) >= 11 is 0. The third-order valence-electron chi connectivity index (χ3n) is 3.85. The molecule has 0 spiro atoms. The molecule has 0 unspecified atom stereocenters. The average molecular weight is 463 g/mol. The number of carbonyl (C=O) groups excluding carboxylic acids is 3. The normalized spacial score (nSPS) is 13.0. The number of nitrogens with two attached hydrogens (primary N) is 1. The van der Waals surface area contributed by atoms with Gasteiger partial charge in [-0.2, -0.15) is 13.2 Å². The number of benzene rings is 1. The van der Waals surface area contributed by atoms with Gasteiger partial charge in [-0.15, -0.1) is 0 Å². The molecule has 180 valence electrons. The highest BCUT2D eigenvalue weighted by Gasteiger charge is 2.38. The molecule has 0 saturated heterocycles. The molecule has 0 heterocycles. The molecule has 0 bridgehead atoms. The molecule has 0 radical (unpaired) electrons. The number of likely N-dealkylation sites (N-methyl/N-ethyl adjacent to an activating group) is 1. The molecule has 2 amide bonds. The first-order valence-electron chi connectivity index (χ1n) is 9.36. The van der Waals surface area contributed by atoms with Gasteiger partial charge in [0.05, 0.1) is 6.42 Å². The molecule has 0 saturated carbocycles. The van der Waals surface area contributed by atoms with Gasteiger partial charge in [-0.05, 0) is 11.0 Å². The van der Waals surface area contributed by atoms with E-state index >= 15 is 0 Å². The Morgan fingerprint density at radius 2 is 1.59 bits per heavy atom. The molecule has 0 aliphatic heterocycles. The maximum absolute atomic E-state index is 12.1. The lowest BCUT2D eigenvalue weighted by atomic mass is 9.86. The van der Waals surface area contributed by atoms with Crippen molar-refractivity contribution in [2.24, 2.45) is 11.1 Å². The number of rotatable bonds is 7. The summed E-state index contributed by atoms with van der Waals surface area (Å²) in [7, 11) is 1.50. The number of aliphatic carboxylic acids is 1. The molecule has 2 atom stereocenters. The van der Waals surface area contributed by atoms with Gasteiger partial charge < -0.3 is 26.2 Å². The van der Waals surface area contributed by atoms with Gasteiger partial charge in [-0.1, -0.05) is 51.1 Å². The summed E-state index contributed by atoms with van der Waals surface area (Å²) in [5.74, 6) is -4.20. The summed E-state index contributed by atoms with van der Waals surface area (Å²) in [4.78, 5) is 44.9. The van der Waals surface area contributed by atoms with Crippen molar-refractivity contribution < 1.29 is 42.2 Å². The van der Waals surface area contributed by atoms with Gasteiger partial charge in [-0.25, -0.2) is 4.79 Å². The lowest BCUT2D eigenvalue weighted by Crippen LogP contribution is -2.54. The second-order valence-corrected chi connectivity index (χ2v) is 7.69. The maximum Gasteiger partial charge on any atom is 0.490 e. The number of carbonyl (C=O) groups is 4. The van der Waals surface area contributed by atoms with Crippen LogP contribution in [0, 0.1) is 5.41 Å². The number of hydrogen-bond donors (Lipinski definition) is 4. The summed E-state index contributed by atoms with van der Waals surface area (Å²) < 4.78 is 36.8. The molecule has 1 aromatic carbocycles. The predicted molar refractivity (Wildman–Crippen MR) is 108 cm³/mol. The predicted octanol–water partition coefficient (Wildman–Crippen LogP) is 1.36. The minimum atomic E-state index is -5.08. The number of alkyl halides is 3. The zero-order valence-electron chi connectivity index (χ0n) is 18.2. The molecule has 0 aromatic heterocycles. The Labute approximate surface area is 183 Å². The number of esters is 1. The van der Waals surface area contributed by atoms with E-state index in [0.717, 1.165) is 5.56 Å². The van der Waals surface area contributed by atoms with Crippen LogP contribution in [0.4, 0.5) is 13.2 Å². The van der Waals surface area contributed by atoms with E-state index in [0.29, 0.717) is 0 Å². The molecule has 0 aliphatic carbocycles. The highest BCUT2D eigenvalue weighted by atomic mass is 19.4. The standard InChI is InChI=1S/C18H27N3O4.C2HF3O2/c1-18(2,3)15(16(23)20-4)21-14(22)10-13(19)17(24)25-11-12-8-6-5-7-9-12;3-2(4,5)1(6)7/h5-9,13,15H,10-11,19H2,1-4H3,(H,20,23)(H,21,22);(H,6,7)/t13-,15-;/m1./s1. The lowest BCUT2D eigenvalue weighted by molar-refractivity contribution is -0.192. The summed E-state index contributed by atoms with van der Waals surface area (Å²) in [5.41, 5.74) is 6.09. The highest BCUT2D eigenvalue weighted by molar-refractivity contribution is 5.90. The van der Waals surface area contributed by atoms with E-state index in [-0.39, 0.29) is 18.9 Å². The van der Waals surface area contributed by atoms with Crippen molar-refractivity contribution >= 4 is 23.8 Å². The van der Waals surface area contributed by atoms with Gasteiger partial charge in [0.25, 0.3) is 0 Å². The summed E-state index contributed by atoms with van der Waals surface area (Å²) in [5, 5.41) is 12.3. The first-order chi connectivity index (χ1) is 14.6. The summed E-state index contributed by atoms with van der Waals surface area (Å²) in [6.07, 6.45) is -5.34. The molecule has 0 aliphatic rings. The molecule has 5 N–H and O–H groups in total. The number of nitrogens with one attached hydrogen (secondary N) is 2. The van der Waals surface area contributed by atoms with Crippen LogP contribution >= 0.6 is 0 Å². The molecule has 12 heteroatoms. The third-order valence-corrected chi connectivity index (χ3v) is 3.85. The minimum Gasteiger partial charge on any atom is -0.475 e. The van der Waals surface area contributed by atoms with Crippen LogP contribution in [0.25, 0.3) is 0 Å². The largest absolute Gasteiger partial charge is 0.490 e. The third kappa shape index (κ3) is 11.3. The second-order valence-electron chi connectivity index (χ2n) is 7.69. The number of carboxylic acid groups (broad SMARTS) is 1. The lowest BCUT2D eigenvalue weighted by Gasteiger charge is -2.30. The van der Waals surface area contributed by atoms with E-state index in [1.165, 1.54) is 7.05 Å². The first-order valence-corrected chi connectivity index (χ1v) is 9.36. The number of ether oxygens (including phenoxy) is 1. The van der Waals surface area contributed by atoms with Crippen LogP contribution in [-0.4, -0.2) is 54.2 Å². The number of amides is 2. The Kier molecular flexibility index (Phi) is 11.4. The van der Waals surface area contributed by atoms with E-state index in [2.05, 4.69) is 10.6 Å². The highest BCUT2D eigenvalue weighted by Crippen LogP contribution is 2.19. The van der Waals surface area contributed by atoms with E-state index in [1.807, 2.05) is 51.1 Å². The average Bonchev–Trinajstić information content (AvgIpc) is 2.69. The molecular weight excluding hydrogens is 435 g/mol. The van der Waals surface area contributed by atoms with E-state index in [1.54, 1.807) is 0 Å². The molecule has 32 heavy (non-hydrogen) atoms. The van der Waals surface area contributed by atoms with Crippen molar-refractivity contribution in [3.8, 4) is 0 Å². The van der Waals surface area contributed by atoms with Gasteiger partial charge in [0, 0.05) is 7.05 Å². The fourth-order valence-corrected chi connectivity index (χ4v) is 2.16. The zero-order chi connectivity index (χ0) is 25.1. The molecule has 1 rings (SSSR count). The molecule has 9 nitrogen and oxygen atoms in total. The first kappa shape index (κ1) is 28.9. The quantitative estimate of drug-likeness (QED) is 0.446. The van der Waals surface area contributed by atoms with Crippen LogP contribution in [0.2, 0.25) is 0 Å². The van der Waals surface area contributed by atoms with E-state index in [9.17, 15) is 27.6 Å². The monoisotopic (exact) mass is 463 g/mol. The molecule has 1 aromatic rings. The number of carboxylic acids is 1. The van der Waals surface area contributed by atoms with Crippen molar-refractivity contribution in [3.63, 3.8) is 0 Å². The van der Waals surface area contributed by atoms with Gasteiger partial charge in [0.15, 0.2) is 0 Å². The number of hydrogen-bond acceptors (Lipinski definition) is 6. The summed E-state index contributed by atoms with van der Waals surface area (Å²) in [6, 6.07) is 7.36. The second kappa shape index (κ2) is 12.6. The Morgan fingerprint density at radius 3 is 2.00 bits per heavy atom. The zero-order valence-corrected chi connectivity index (χ0v) is 18.2. The van der Waals surface area contributed by atoms with Crippen LogP contribution in [0.5, 0.6) is 0 Å². The van der Waals surface area contributed by atoms with Gasteiger partial charge >= 0.3 is 18.1 Å². The Hall–Kier alpha value is -3.15. The van der Waals surface area contributed by atoms with Crippen molar-refractivity contribution in [2.45, 2.75) is 52.1 Å². The van der Waals surface area contributed by atoms with Crippen molar-refractivity contribution in [2.75, 3.05) is 7.05 Å². The van der Waals surface area contributed by atoms with Crippen molar-refractivity contribution in [1.82, 2.24) is 10.6 Å². The maximum atomic E-state index is 12.1. The topological polar surface area (TPSA) is 148 Å². The SMILES string of the molecule is CNC(=O)[C@@H](NC(=O)C[C@@H](N)C(=O)OCc1ccccc1)C(C)(C)C.O=C(O)C(F)(F)F. The number of halogens is 3. The van der Waals surface area contributed by atoms with Crippen LogP contribution < -0.4 is 16.4 Å². The van der Waals surface area contributed by atoms with Gasteiger partial charge in [0.1, 0.15) is 18.7 Å².